The van der Waals surface area contributed by atoms with Gasteiger partial charge in [-0.25, -0.2) is 9.59 Å². The molecule has 42 nitrogen and oxygen atoms in total. The van der Waals surface area contributed by atoms with Crippen molar-refractivity contribution in [2.45, 2.75) is 486 Å². The van der Waals surface area contributed by atoms with Gasteiger partial charge in [-0.2, -0.15) is 0 Å². The number of aliphatic hydroxyl groups is 19. The zero-order valence-corrected chi connectivity index (χ0v) is 79.4. The lowest BCUT2D eigenvalue weighted by molar-refractivity contribution is -0.407. The van der Waals surface area contributed by atoms with Crippen LogP contribution in [0.5, 0.6) is 0 Å². The number of ketones is 1. The molecule has 6 rings (SSSR count). The molecule has 0 saturated carbocycles. The van der Waals surface area contributed by atoms with E-state index in [4.69, 9.17) is 56.8 Å². The van der Waals surface area contributed by atoms with Crippen LogP contribution >= 0.6 is 0 Å². The van der Waals surface area contributed by atoms with Crippen LogP contribution in [-0.2, 0) is 85.6 Å². The molecule has 42 heteroatoms. The summed E-state index contributed by atoms with van der Waals surface area (Å²) >= 11 is 0. The highest BCUT2D eigenvalue weighted by molar-refractivity contribution is 5.78. The Morgan fingerprint density at radius 1 is 0.422 bits per heavy atom. The van der Waals surface area contributed by atoms with Crippen LogP contribution in [0, 0.1) is 5.92 Å². The Morgan fingerprint density at radius 2 is 0.822 bits per heavy atom. The highest BCUT2D eigenvalue weighted by Crippen LogP contribution is 2.44. The van der Waals surface area contributed by atoms with Crippen molar-refractivity contribution in [1.82, 2.24) is 16.0 Å². The van der Waals surface area contributed by atoms with E-state index in [0.717, 1.165) is 85.0 Å². The monoisotopic (exact) mass is 1950 g/mol. The SMILES string of the molecule is CCCCCCCCCCCCCC=CC(O)C(COC1OC(CO)C(OC2OC(CO)C(OC3OC(CO)C(O)C(OC4OC(CO)C(O)C(O)C4O)C3CC(C)=O)C(OC3(C(=O)O)CC(O)C(NC(C)=O)C(C(O)C(CO)OC4(C(=O)O)CC(O)C(NC(C)=O)C(C(O)C(O)CO)O4)O3)C2O)C(O)C1O)NC(=O)CCCCCCCCCCCCCCCCCCCCCCCCC. The van der Waals surface area contributed by atoms with Crippen molar-refractivity contribution < 1.29 is 193 Å². The molecule has 6 heterocycles. The molecule has 34 atom stereocenters. The molecular formula is C93H165N3O39. The number of nitrogens with one attached hydrogen (secondary N) is 3. The molecule has 0 aromatic heterocycles. The van der Waals surface area contributed by atoms with E-state index in [0.29, 0.717) is 12.8 Å². The molecule has 6 aliphatic heterocycles. The molecule has 786 valence electrons. The third kappa shape index (κ3) is 37.0. The first kappa shape index (κ1) is 119. The van der Waals surface area contributed by atoms with Crippen LogP contribution in [0.3, 0.4) is 0 Å². The van der Waals surface area contributed by atoms with Crippen molar-refractivity contribution in [3.63, 3.8) is 0 Å². The van der Waals surface area contributed by atoms with Gasteiger partial charge < -0.3 is 185 Å². The van der Waals surface area contributed by atoms with Crippen molar-refractivity contribution >= 4 is 35.4 Å². The van der Waals surface area contributed by atoms with Crippen LogP contribution in [0.25, 0.3) is 0 Å². The lowest BCUT2D eigenvalue weighted by Crippen LogP contribution is -2.72. The molecule has 6 aliphatic rings. The lowest BCUT2D eigenvalue weighted by atomic mass is 9.86. The first-order chi connectivity index (χ1) is 64.6. The molecule has 0 aromatic rings. The highest BCUT2D eigenvalue weighted by atomic mass is 16.8. The Bertz CT molecular complexity index is 3340. The third-order valence-corrected chi connectivity index (χ3v) is 26.4. The zero-order chi connectivity index (χ0) is 99.5. The van der Waals surface area contributed by atoms with Crippen LogP contribution < -0.4 is 16.0 Å². The molecule has 135 heavy (non-hydrogen) atoms. The number of unbranched alkanes of at least 4 members (excludes halogenated alkanes) is 33. The second kappa shape index (κ2) is 62.8. The Balaban J connectivity index is 1.27. The molecular weight excluding hydrogens is 1780 g/mol. The summed E-state index contributed by atoms with van der Waals surface area (Å²) in [4.78, 5) is 80.7. The molecule has 0 bridgehead atoms. The van der Waals surface area contributed by atoms with Gasteiger partial charge in [0.1, 0.15) is 128 Å². The largest absolute Gasteiger partial charge is 0.477 e. The topological polar surface area (TPSA) is 674 Å². The van der Waals surface area contributed by atoms with E-state index < -0.39 is 308 Å². The lowest BCUT2D eigenvalue weighted by Gasteiger charge is -2.53. The fourth-order valence-corrected chi connectivity index (χ4v) is 18.6. The number of carbonyl (C=O) groups is 6. The van der Waals surface area contributed by atoms with Crippen LogP contribution in [0.15, 0.2) is 12.2 Å². The standard InChI is InChI=1S/C93H165N3O39/c1-6-8-10-12-14-16-18-20-21-22-23-24-25-26-27-28-29-31-33-35-37-39-41-43-68(110)96-58(59(106)42-40-38-36-34-32-30-19-17-15-13-11-9-7-2)53-124-87-78(118)76(116)81(66(51-101)127-87)130-89-79(119)85(82(67(52-102)128-89)131-86-57(44-54(3)103)80(73(113)64(49-99)125-86)129-88-77(117)75(115)72(112)63(48-98)126-88)135-93(91(122)123)46-61(108)70(95-56(5)105)84(134-93)74(114)65(50-100)132-92(90(120)121)45-60(107)69(94-55(4)104)83(133-92)71(111)62(109)47-97/h40,42,57-67,69-89,97-102,106-109,111-119H,6-39,41,43-53H2,1-5H3,(H,94,104)(H,95,105)(H,96,110)(H,120,121)(H,122,123). The maximum absolute atomic E-state index is 14.5. The number of ether oxygens (including phenoxy) is 12. The number of hydrogen-bond acceptors (Lipinski definition) is 37. The number of carboxylic acid groups (broad SMARTS) is 2. The molecule has 24 N–H and O–H groups in total. The number of Topliss-reactive ketones (excluding diaryl/α,β-unsaturated/α-hetero) is 1. The minimum atomic E-state index is -3.68. The fourth-order valence-electron chi connectivity index (χ4n) is 18.6. The van der Waals surface area contributed by atoms with Crippen molar-refractivity contribution in [1.29, 1.82) is 0 Å². The van der Waals surface area contributed by atoms with Crippen LogP contribution in [-0.4, -0.2) is 390 Å². The van der Waals surface area contributed by atoms with Crippen molar-refractivity contribution in [2.75, 3.05) is 46.2 Å². The molecule has 0 radical (unpaired) electrons. The fraction of sp³-hybridized carbons (Fsp3) is 0.914. The van der Waals surface area contributed by atoms with Crippen molar-refractivity contribution in [2.24, 2.45) is 5.92 Å². The number of hydrogen-bond donors (Lipinski definition) is 24. The van der Waals surface area contributed by atoms with Crippen molar-refractivity contribution in [3.05, 3.63) is 12.2 Å². The average molecular weight is 1950 g/mol. The minimum Gasteiger partial charge on any atom is -0.477 e. The number of amides is 3. The second-order valence-corrected chi connectivity index (χ2v) is 37.4. The normalized spacial score (nSPS) is 33.8. The van der Waals surface area contributed by atoms with E-state index in [2.05, 4.69) is 29.8 Å². The molecule has 0 aliphatic carbocycles. The highest BCUT2D eigenvalue weighted by Gasteiger charge is 2.64. The maximum Gasteiger partial charge on any atom is 0.364 e. The Kier molecular flexibility index (Phi) is 55.5. The second-order valence-electron chi connectivity index (χ2n) is 37.4. The number of rotatable bonds is 68. The molecule has 0 spiro atoms. The van der Waals surface area contributed by atoms with Crippen LogP contribution in [0.4, 0.5) is 0 Å². The zero-order valence-electron chi connectivity index (χ0n) is 79.4. The Hall–Kier alpha value is -4.48. The molecule has 34 unspecified atom stereocenters. The van der Waals surface area contributed by atoms with Gasteiger partial charge in [0.05, 0.1) is 88.8 Å². The third-order valence-electron chi connectivity index (χ3n) is 26.4. The quantitative estimate of drug-likeness (QED) is 0.0288. The van der Waals surface area contributed by atoms with Crippen LogP contribution in [0.1, 0.15) is 285 Å². The average Bonchev–Trinajstić information content (AvgIpc) is 0.742. The number of carbonyl (C=O) groups excluding carboxylic acids is 4. The predicted octanol–water partition coefficient (Wildman–Crippen LogP) is 0.343. The summed E-state index contributed by atoms with van der Waals surface area (Å²) in [5.41, 5.74) is 0. The molecule has 0 aromatic carbocycles. The summed E-state index contributed by atoms with van der Waals surface area (Å²) in [6.07, 6.45) is -21.1. The van der Waals surface area contributed by atoms with Gasteiger partial charge in [0.25, 0.3) is 11.6 Å². The van der Waals surface area contributed by atoms with E-state index in [9.17, 15) is 136 Å². The van der Waals surface area contributed by atoms with E-state index in [1.54, 1.807) is 6.08 Å². The van der Waals surface area contributed by atoms with E-state index >= 15 is 0 Å². The van der Waals surface area contributed by atoms with E-state index in [1.165, 1.54) is 154 Å². The summed E-state index contributed by atoms with van der Waals surface area (Å²) in [7, 11) is 0. The molecule has 3 amide bonds. The van der Waals surface area contributed by atoms with Gasteiger partial charge in [-0.1, -0.05) is 231 Å². The van der Waals surface area contributed by atoms with Gasteiger partial charge in [-0.05, 0) is 26.2 Å². The Labute approximate surface area is 791 Å². The number of aliphatic hydroxyl groups excluding tert-OH is 19. The van der Waals surface area contributed by atoms with Gasteiger partial charge in [-0.15, -0.1) is 0 Å². The number of carboxylic acids is 2. The van der Waals surface area contributed by atoms with E-state index in [-0.39, 0.29) is 6.42 Å². The van der Waals surface area contributed by atoms with Gasteiger partial charge in [0.15, 0.2) is 25.2 Å². The van der Waals surface area contributed by atoms with Crippen molar-refractivity contribution in [3.8, 4) is 0 Å². The first-order valence-corrected chi connectivity index (χ1v) is 49.4. The Morgan fingerprint density at radius 3 is 1.28 bits per heavy atom. The van der Waals surface area contributed by atoms with Gasteiger partial charge in [-0.3, -0.25) is 14.4 Å². The minimum absolute atomic E-state index is 0.0893. The van der Waals surface area contributed by atoms with Gasteiger partial charge in [0.2, 0.25) is 17.7 Å². The summed E-state index contributed by atoms with van der Waals surface area (Å²) in [5.74, 6) is -16.5. The number of allylic oxidation sites excluding steroid dienone is 1. The first-order valence-electron chi connectivity index (χ1n) is 49.4. The number of aliphatic carboxylic acids is 2. The summed E-state index contributed by atoms with van der Waals surface area (Å²) in [6, 6.07) is -5.10. The van der Waals surface area contributed by atoms with Crippen LogP contribution in [0.2, 0.25) is 0 Å². The van der Waals surface area contributed by atoms with Gasteiger partial charge >= 0.3 is 11.9 Å². The smallest absolute Gasteiger partial charge is 0.364 e. The van der Waals surface area contributed by atoms with Gasteiger partial charge in [0, 0.05) is 45.4 Å². The maximum atomic E-state index is 14.5. The molecule has 6 saturated heterocycles. The predicted molar refractivity (Wildman–Crippen MR) is 478 cm³/mol. The summed E-state index contributed by atoms with van der Waals surface area (Å²) in [6.45, 7) is -0.741. The summed E-state index contributed by atoms with van der Waals surface area (Å²) < 4.78 is 72.7. The van der Waals surface area contributed by atoms with E-state index in [1.807, 2.05) is 0 Å². The molecule has 6 fully saturated rings. The summed E-state index contributed by atoms with van der Waals surface area (Å²) in [5, 5.41) is 246.